The van der Waals surface area contributed by atoms with Gasteiger partial charge in [-0.15, -0.1) is 0 Å². The second-order valence-electron chi connectivity index (χ2n) is 2.91. The van der Waals surface area contributed by atoms with Crippen LogP contribution in [-0.4, -0.2) is 22.7 Å². The minimum atomic E-state index is -0.589. The van der Waals surface area contributed by atoms with Crippen LogP contribution in [0.1, 0.15) is 6.92 Å². The predicted octanol–water partition coefficient (Wildman–Crippen LogP) is 1.35. The third-order valence-corrected chi connectivity index (χ3v) is 1.52. The first-order valence-corrected chi connectivity index (χ1v) is 4.15. The molecule has 0 saturated heterocycles. The molecule has 0 spiro atoms. The van der Waals surface area contributed by atoms with E-state index in [-0.39, 0.29) is 12.3 Å². The first-order chi connectivity index (χ1) is 6.59. The van der Waals surface area contributed by atoms with Gasteiger partial charge in [-0.3, -0.25) is 10.1 Å². The van der Waals surface area contributed by atoms with Crippen LogP contribution in [0.5, 0.6) is 5.75 Å². The van der Waals surface area contributed by atoms with E-state index in [1.807, 2.05) is 0 Å². The smallest absolute Gasteiger partial charge is 0.273 e. The summed E-state index contributed by atoms with van der Waals surface area (Å²) in [5.74, 6) is 0.389. The Morgan fingerprint density at radius 3 is 2.93 bits per heavy atom. The highest BCUT2D eigenvalue weighted by Gasteiger charge is 2.06. The van der Waals surface area contributed by atoms with Crippen molar-refractivity contribution in [3.63, 3.8) is 0 Å². The third-order valence-electron chi connectivity index (χ3n) is 1.52. The van der Waals surface area contributed by atoms with E-state index < -0.39 is 11.0 Å². The first kappa shape index (κ1) is 10.5. The molecule has 5 heteroatoms. The molecule has 14 heavy (non-hydrogen) atoms. The molecule has 0 aliphatic rings. The molecule has 0 aliphatic carbocycles. The number of nitrogens with zero attached hydrogens (tertiary/aromatic N) is 1. The zero-order chi connectivity index (χ0) is 10.6. The summed E-state index contributed by atoms with van der Waals surface area (Å²) < 4.78 is 5.10. The van der Waals surface area contributed by atoms with Gasteiger partial charge in [-0.1, -0.05) is 6.07 Å². The maximum Gasteiger partial charge on any atom is 0.273 e. The quantitative estimate of drug-likeness (QED) is 0.584. The summed E-state index contributed by atoms with van der Waals surface area (Å²) in [5.41, 5.74) is -0.0203. The zero-order valence-electron chi connectivity index (χ0n) is 7.71. The number of ether oxygens (including phenoxy) is 1. The number of benzene rings is 1. The Labute approximate surface area is 81.1 Å². The molecule has 1 rings (SSSR count). The Balaban J connectivity index is 2.69. The molecule has 0 fully saturated rings. The van der Waals surface area contributed by atoms with Gasteiger partial charge in [-0.25, -0.2) is 0 Å². The van der Waals surface area contributed by atoms with Crippen molar-refractivity contribution in [2.24, 2.45) is 0 Å². The SMILES string of the molecule is C[C@H](O)COc1cccc([N+](=O)[O-])c1. The summed E-state index contributed by atoms with van der Waals surface area (Å²) in [4.78, 5) is 9.90. The predicted molar refractivity (Wildman–Crippen MR) is 50.3 cm³/mol. The first-order valence-electron chi connectivity index (χ1n) is 4.15. The van der Waals surface area contributed by atoms with Gasteiger partial charge in [0.25, 0.3) is 5.69 Å². The second-order valence-corrected chi connectivity index (χ2v) is 2.91. The lowest BCUT2D eigenvalue weighted by molar-refractivity contribution is -0.384. The fraction of sp³-hybridized carbons (Fsp3) is 0.333. The van der Waals surface area contributed by atoms with Crippen LogP contribution in [0, 0.1) is 10.1 Å². The number of hydrogen-bond acceptors (Lipinski definition) is 4. The van der Waals surface area contributed by atoms with E-state index in [9.17, 15) is 10.1 Å². The molecule has 0 amide bonds. The lowest BCUT2D eigenvalue weighted by Gasteiger charge is -2.07. The number of nitro benzene ring substituents is 1. The van der Waals surface area contributed by atoms with Gasteiger partial charge in [0.05, 0.1) is 17.1 Å². The average molecular weight is 197 g/mol. The van der Waals surface area contributed by atoms with Gasteiger partial charge in [0.2, 0.25) is 0 Å². The van der Waals surface area contributed by atoms with Crippen molar-refractivity contribution in [2.75, 3.05) is 6.61 Å². The highest BCUT2D eigenvalue weighted by Crippen LogP contribution is 2.18. The van der Waals surface area contributed by atoms with Crippen LogP contribution >= 0.6 is 0 Å². The Hall–Kier alpha value is -1.62. The van der Waals surface area contributed by atoms with Gasteiger partial charge in [0.1, 0.15) is 12.4 Å². The molecule has 0 aromatic heterocycles. The van der Waals surface area contributed by atoms with Gasteiger partial charge >= 0.3 is 0 Å². The minimum absolute atomic E-state index is 0.0203. The largest absolute Gasteiger partial charge is 0.491 e. The van der Waals surface area contributed by atoms with Gasteiger partial charge in [0, 0.05) is 6.07 Å². The highest BCUT2D eigenvalue weighted by atomic mass is 16.6. The summed E-state index contributed by atoms with van der Waals surface area (Å²) in [6.45, 7) is 1.71. The normalized spacial score (nSPS) is 12.1. The minimum Gasteiger partial charge on any atom is -0.491 e. The van der Waals surface area contributed by atoms with E-state index in [2.05, 4.69) is 0 Å². The van der Waals surface area contributed by atoms with E-state index in [4.69, 9.17) is 9.84 Å². The van der Waals surface area contributed by atoms with E-state index in [1.165, 1.54) is 18.2 Å². The standard InChI is InChI=1S/C9H11NO4/c1-7(11)6-14-9-4-2-3-8(5-9)10(12)13/h2-5,7,11H,6H2,1H3/t7-/m0/s1. The van der Waals surface area contributed by atoms with Crippen molar-refractivity contribution < 1.29 is 14.8 Å². The molecule has 0 radical (unpaired) electrons. The van der Waals surface area contributed by atoms with Crippen LogP contribution in [0.4, 0.5) is 5.69 Å². The van der Waals surface area contributed by atoms with Crippen molar-refractivity contribution >= 4 is 5.69 Å². The Morgan fingerprint density at radius 1 is 1.64 bits per heavy atom. The van der Waals surface area contributed by atoms with E-state index >= 15 is 0 Å². The van der Waals surface area contributed by atoms with Gasteiger partial charge < -0.3 is 9.84 Å². The second kappa shape index (κ2) is 4.57. The number of nitro groups is 1. The molecule has 1 atom stereocenters. The van der Waals surface area contributed by atoms with Gasteiger partial charge in [0.15, 0.2) is 0 Å². The molecular weight excluding hydrogens is 186 g/mol. The van der Waals surface area contributed by atoms with Crippen molar-refractivity contribution in [1.29, 1.82) is 0 Å². The maximum atomic E-state index is 10.4. The zero-order valence-corrected chi connectivity index (χ0v) is 7.71. The van der Waals surface area contributed by atoms with Crippen LogP contribution in [0.3, 0.4) is 0 Å². The monoisotopic (exact) mass is 197 g/mol. The Kier molecular flexibility index (Phi) is 3.41. The molecular formula is C9H11NO4. The van der Waals surface area contributed by atoms with Crippen molar-refractivity contribution in [3.8, 4) is 5.75 Å². The Bertz CT molecular complexity index is 324. The Morgan fingerprint density at radius 2 is 2.36 bits per heavy atom. The maximum absolute atomic E-state index is 10.4. The topological polar surface area (TPSA) is 72.6 Å². The van der Waals surface area contributed by atoms with Crippen LogP contribution < -0.4 is 4.74 Å². The van der Waals surface area contributed by atoms with Crippen LogP contribution in [0.25, 0.3) is 0 Å². The summed E-state index contributed by atoms with van der Waals surface area (Å²) >= 11 is 0. The number of hydrogen-bond donors (Lipinski definition) is 1. The van der Waals surface area contributed by atoms with E-state index in [0.717, 1.165) is 0 Å². The molecule has 76 valence electrons. The lowest BCUT2D eigenvalue weighted by Crippen LogP contribution is -2.12. The molecule has 1 aromatic rings. The van der Waals surface area contributed by atoms with Crippen molar-refractivity contribution in [3.05, 3.63) is 34.4 Å². The summed E-state index contributed by atoms with van der Waals surface area (Å²) in [6, 6.07) is 5.85. The van der Waals surface area contributed by atoms with Crippen LogP contribution in [-0.2, 0) is 0 Å². The summed E-state index contributed by atoms with van der Waals surface area (Å²) in [6.07, 6.45) is -0.589. The molecule has 0 heterocycles. The molecule has 0 aliphatic heterocycles. The van der Waals surface area contributed by atoms with Crippen LogP contribution in [0.15, 0.2) is 24.3 Å². The van der Waals surface area contributed by atoms with E-state index in [0.29, 0.717) is 5.75 Å². The highest BCUT2D eigenvalue weighted by molar-refractivity contribution is 5.37. The third kappa shape index (κ3) is 3.02. The molecule has 5 nitrogen and oxygen atoms in total. The lowest BCUT2D eigenvalue weighted by atomic mass is 10.3. The fourth-order valence-corrected chi connectivity index (χ4v) is 0.904. The number of aliphatic hydroxyl groups excluding tert-OH is 1. The molecule has 1 aromatic carbocycles. The van der Waals surface area contributed by atoms with Gasteiger partial charge in [-0.05, 0) is 13.0 Å². The molecule has 0 bridgehead atoms. The summed E-state index contributed by atoms with van der Waals surface area (Å²) in [5, 5.41) is 19.3. The fourth-order valence-electron chi connectivity index (χ4n) is 0.904. The van der Waals surface area contributed by atoms with Crippen molar-refractivity contribution in [2.45, 2.75) is 13.0 Å². The van der Waals surface area contributed by atoms with Crippen LogP contribution in [0.2, 0.25) is 0 Å². The number of rotatable bonds is 4. The average Bonchev–Trinajstić information content (AvgIpc) is 2.15. The van der Waals surface area contributed by atoms with Gasteiger partial charge in [-0.2, -0.15) is 0 Å². The van der Waals surface area contributed by atoms with E-state index in [1.54, 1.807) is 13.0 Å². The molecule has 1 N–H and O–H groups in total. The summed E-state index contributed by atoms with van der Waals surface area (Å²) in [7, 11) is 0. The molecule has 0 unspecified atom stereocenters. The van der Waals surface area contributed by atoms with Crippen molar-refractivity contribution in [1.82, 2.24) is 0 Å². The molecule has 0 saturated carbocycles. The number of aliphatic hydroxyl groups is 1. The number of non-ortho nitro benzene ring substituents is 1.